The van der Waals surface area contributed by atoms with E-state index in [2.05, 4.69) is 20.8 Å². The zero-order chi connectivity index (χ0) is 20.3. The number of tetrazole rings is 1. The molecule has 2 N–H and O–H groups in total. The first-order chi connectivity index (χ1) is 13.3. The fourth-order valence-corrected chi connectivity index (χ4v) is 3.87. The third-order valence-electron chi connectivity index (χ3n) is 3.97. The van der Waals surface area contributed by atoms with E-state index in [0.29, 0.717) is 20.9 Å². The molecule has 0 aliphatic heterocycles. The van der Waals surface area contributed by atoms with Crippen LogP contribution >= 0.6 is 35.0 Å². The number of nitrogens with zero attached hydrogens (tertiary/aromatic N) is 4. The van der Waals surface area contributed by atoms with E-state index < -0.39 is 5.25 Å². The Morgan fingerprint density at radius 3 is 2.57 bits per heavy atom. The second-order valence-electron chi connectivity index (χ2n) is 6.05. The van der Waals surface area contributed by atoms with Crippen molar-refractivity contribution in [1.82, 2.24) is 25.5 Å². The number of benzene rings is 2. The second-order valence-corrected chi connectivity index (χ2v) is 8.20. The fourth-order valence-electron chi connectivity index (χ4n) is 2.48. The van der Waals surface area contributed by atoms with E-state index in [9.17, 15) is 9.90 Å². The predicted molar refractivity (Wildman–Crippen MR) is 109 cm³/mol. The van der Waals surface area contributed by atoms with Crippen molar-refractivity contribution in [3.05, 3.63) is 58.1 Å². The number of nitrogens with one attached hydrogen (secondary N) is 1. The van der Waals surface area contributed by atoms with Crippen molar-refractivity contribution in [3.63, 3.8) is 0 Å². The Labute approximate surface area is 176 Å². The van der Waals surface area contributed by atoms with Gasteiger partial charge in [0, 0.05) is 10.0 Å². The van der Waals surface area contributed by atoms with Crippen LogP contribution < -0.4 is 5.32 Å². The Morgan fingerprint density at radius 2 is 1.89 bits per heavy atom. The summed E-state index contributed by atoms with van der Waals surface area (Å²) in [5.74, 6) is -0.0302. The maximum atomic E-state index is 12.6. The van der Waals surface area contributed by atoms with E-state index in [1.54, 1.807) is 49.4 Å². The average molecular weight is 438 g/mol. The summed E-state index contributed by atoms with van der Waals surface area (Å²) in [4.78, 5) is 12.6. The standard InChI is InChI=1S/C18H17Cl2N5O2S/c1-10(15-8-3-12(19)9-16(15)20)21-17(27)11(2)28-18-22-23-24-25(18)13-4-6-14(26)7-5-13/h3-11,26H,1-2H3,(H,21,27). The molecule has 0 saturated carbocycles. The van der Waals surface area contributed by atoms with Crippen LogP contribution in [-0.2, 0) is 4.79 Å². The van der Waals surface area contributed by atoms with E-state index in [4.69, 9.17) is 23.2 Å². The van der Waals surface area contributed by atoms with Crippen LogP contribution in [0.5, 0.6) is 5.75 Å². The molecule has 0 fully saturated rings. The normalized spacial score (nSPS) is 13.1. The minimum Gasteiger partial charge on any atom is -0.508 e. The highest BCUT2D eigenvalue weighted by atomic mass is 35.5. The van der Waals surface area contributed by atoms with Gasteiger partial charge in [-0.15, -0.1) is 5.10 Å². The molecular formula is C18H17Cl2N5O2S. The monoisotopic (exact) mass is 437 g/mol. The zero-order valence-corrected chi connectivity index (χ0v) is 17.3. The van der Waals surface area contributed by atoms with Gasteiger partial charge in [0.05, 0.1) is 17.0 Å². The number of carbonyl (C=O) groups is 1. The topological polar surface area (TPSA) is 92.9 Å². The number of phenols is 1. The molecule has 7 nitrogen and oxygen atoms in total. The number of rotatable bonds is 6. The van der Waals surface area contributed by atoms with Crippen molar-refractivity contribution in [2.75, 3.05) is 0 Å². The lowest BCUT2D eigenvalue weighted by atomic mass is 10.1. The van der Waals surface area contributed by atoms with Crippen molar-refractivity contribution in [3.8, 4) is 11.4 Å². The van der Waals surface area contributed by atoms with Gasteiger partial charge in [-0.1, -0.05) is 41.0 Å². The molecule has 28 heavy (non-hydrogen) atoms. The van der Waals surface area contributed by atoms with Gasteiger partial charge in [-0.2, -0.15) is 4.68 Å². The van der Waals surface area contributed by atoms with Crippen molar-refractivity contribution < 1.29 is 9.90 Å². The van der Waals surface area contributed by atoms with Gasteiger partial charge in [0.15, 0.2) is 0 Å². The van der Waals surface area contributed by atoms with Crippen LogP contribution in [0.15, 0.2) is 47.6 Å². The van der Waals surface area contributed by atoms with E-state index in [1.165, 1.54) is 16.4 Å². The van der Waals surface area contributed by atoms with Crippen molar-refractivity contribution >= 4 is 40.9 Å². The highest BCUT2D eigenvalue weighted by molar-refractivity contribution is 8.00. The van der Waals surface area contributed by atoms with Gasteiger partial charge in [0.25, 0.3) is 0 Å². The van der Waals surface area contributed by atoms with E-state index in [-0.39, 0.29) is 17.7 Å². The molecule has 2 aromatic carbocycles. The smallest absolute Gasteiger partial charge is 0.233 e. The molecule has 0 bridgehead atoms. The summed E-state index contributed by atoms with van der Waals surface area (Å²) in [6.07, 6.45) is 0. The predicted octanol–water partition coefficient (Wildman–Crippen LogP) is 4.03. The van der Waals surface area contributed by atoms with Crippen LogP contribution in [0.1, 0.15) is 25.5 Å². The lowest BCUT2D eigenvalue weighted by molar-refractivity contribution is -0.120. The Morgan fingerprint density at radius 1 is 1.18 bits per heavy atom. The average Bonchev–Trinajstić information content (AvgIpc) is 3.10. The molecule has 0 aliphatic carbocycles. The number of hydrogen-bond acceptors (Lipinski definition) is 6. The first kappa shape index (κ1) is 20.4. The van der Waals surface area contributed by atoms with Crippen molar-refractivity contribution in [2.45, 2.75) is 30.3 Å². The van der Waals surface area contributed by atoms with Gasteiger partial charge >= 0.3 is 0 Å². The molecule has 3 rings (SSSR count). The first-order valence-corrected chi connectivity index (χ1v) is 9.98. The largest absolute Gasteiger partial charge is 0.508 e. The highest BCUT2D eigenvalue weighted by Crippen LogP contribution is 2.28. The number of aromatic nitrogens is 4. The number of aromatic hydroxyl groups is 1. The number of phenolic OH excluding ortho intramolecular Hbond substituents is 1. The molecule has 1 amide bonds. The molecule has 0 radical (unpaired) electrons. The molecule has 10 heteroatoms. The Hall–Kier alpha value is -2.29. The Balaban J connectivity index is 1.68. The second kappa shape index (κ2) is 8.81. The maximum Gasteiger partial charge on any atom is 0.233 e. The van der Waals surface area contributed by atoms with Gasteiger partial charge in [0.1, 0.15) is 5.75 Å². The molecule has 2 unspecified atom stereocenters. The molecule has 3 aromatic rings. The number of thioether (sulfide) groups is 1. The molecule has 0 spiro atoms. The van der Waals surface area contributed by atoms with Gasteiger partial charge < -0.3 is 10.4 Å². The summed E-state index contributed by atoms with van der Waals surface area (Å²) in [5.41, 5.74) is 1.46. The fraction of sp³-hybridized carbons (Fsp3) is 0.222. The number of halogens is 2. The number of amides is 1. The molecule has 2 atom stereocenters. The van der Waals surface area contributed by atoms with Crippen LogP contribution in [-0.4, -0.2) is 36.5 Å². The molecule has 0 aliphatic rings. The Kier molecular flexibility index (Phi) is 6.43. The quantitative estimate of drug-likeness (QED) is 0.565. The SMILES string of the molecule is CC(Sc1nnnn1-c1ccc(O)cc1)C(=O)NC(C)c1ccc(Cl)cc1Cl. The van der Waals surface area contributed by atoms with Gasteiger partial charge in [-0.05, 0) is 66.2 Å². The minimum atomic E-state index is -0.449. The molecule has 1 aromatic heterocycles. The summed E-state index contributed by atoms with van der Waals surface area (Å²) in [5, 5.41) is 25.0. The van der Waals surface area contributed by atoms with E-state index in [0.717, 1.165) is 5.56 Å². The zero-order valence-electron chi connectivity index (χ0n) is 15.0. The van der Waals surface area contributed by atoms with Crippen molar-refractivity contribution in [2.24, 2.45) is 0 Å². The van der Waals surface area contributed by atoms with Gasteiger partial charge in [-0.25, -0.2) is 0 Å². The summed E-state index contributed by atoms with van der Waals surface area (Å²) in [6.45, 7) is 3.62. The third kappa shape index (κ3) is 4.76. The van der Waals surface area contributed by atoms with E-state index >= 15 is 0 Å². The third-order valence-corrected chi connectivity index (χ3v) is 5.57. The summed E-state index contributed by atoms with van der Waals surface area (Å²) >= 11 is 13.4. The molecule has 146 valence electrons. The maximum absolute atomic E-state index is 12.6. The lowest BCUT2D eigenvalue weighted by Gasteiger charge is -2.18. The number of hydrogen-bond donors (Lipinski definition) is 2. The summed E-state index contributed by atoms with van der Waals surface area (Å²) in [7, 11) is 0. The number of carbonyl (C=O) groups excluding carboxylic acids is 1. The van der Waals surface area contributed by atoms with Crippen LogP contribution in [0.3, 0.4) is 0 Å². The van der Waals surface area contributed by atoms with Crippen LogP contribution in [0.25, 0.3) is 5.69 Å². The van der Waals surface area contributed by atoms with Crippen LogP contribution in [0, 0.1) is 0 Å². The highest BCUT2D eigenvalue weighted by Gasteiger charge is 2.22. The van der Waals surface area contributed by atoms with E-state index in [1.807, 2.05) is 6.92 Å². The summed E-state index contributed by atoms with van der Waals surface area (Å²) in [6, 6.07) is 11.3. The van der Waals surface area contributed by atoms with Gasteiger partial charge in [0.2, 0.25) is 11.1 Å². The Bertz CT molecular complexity index is 980. The van der Waals surface area contributed by atoms with Gasteiger partial charge in [-0.3, -0.25) is 4.79 Å². The molecule has 0 saturated heterocycles. The molecule has 1 heterocycles. The molecular weight excluding hydrogens is 421 g/mol. The van der Waals surface area contributed by atoms with Crippen molar-refractivity contribution in [1.29, 1.82) is 0 Å². The minimum absolute atomic E-state index is 0.147. The van der Waals surface area contributed by atoms with Crippen LogP contribution in [0.4, 0.5) is 0 Å². The lowest BCUT2D eigenvalue weighted by Crippen LogP contribution is -2.33. The van der Waals surface area contributed by atoms with Crippen LogP contribution in [0.2, 0.25) is 10.0 Å². The summed E-state index contributed by atoms with van der Waals surface area (Å²) < 4.78 is 1.51. The first-order valence-electron chi connectivity index (χ1n) is 8.35.